The minimum Gasteiger partial charge on any atom is -0.369 e. The number of hydrogen-bond donors (Lipinski definition) is 0. The first-order chi connectivity index (χ1) is 7.75. The monoisotopic (exact) mass is 256 g/mol. The standard InChI is InChI=1S/C12H13ClO2S/c13-10-3-1-9(2-4-10)7-11(14)12-8-16-6-5-15-12/h1-4,12H,5-8H2. The van der Waals surface area contributed by atoms with E-state index >= 15 is 0 Å². The van der Waals surface area contributed by atoms with Gasteiger partial charge in [-0.05, 0) is 17.7 Å². The summed E-state index contributed by atoms with van der Waals surface area (Å²) in [6.07, 6.45) is 0.206. The molecular weight excluding hydrogens is 244 g/mol. The Morgan fingerprint density at radius 1 is 1.44 bits per heavy atom. The van der Waals surface area contributed by atoms with E-state index in [2.05, 4.69) is 0 Å². The van der Waals surface area contributed by atoms with Crippen molar-refractivity contribution in [3.63, 3.8) is 0 Å². The molecule has 1 fully saturated rings. The summed E-state index contributed by atoms with van der Waals surface area (Å²) in [5.41, 5.74) is 0.994. The molecule has 2 nitrogen and oxygen atoms in total. The van der Waals surface area contributed by atoms with Gasteiger partial charge in [-0.25, -0.2) is 0 Å². The largest absolute Gasteiger partial charge is 0.369 e. The molecule has 0 bridgehead atoms. The Kier molecular flexibility index (Phi) is 4.27. The Morgan fingerprint density at radius 3 is 2.81 bits per heavy atom. The van der Waals surface area contributed by atoms with Crippen LogP contribution in [0.25, 0.3) is 0 Å². The van der Waals surface area contributed by atoms with Crippen molar-refractivity contribution in [2.45, 2.75) is 12.5 Å². The summed E-state index contributed by atoms with van der Waals surface area (Å²) in [5, 5.41) is 0.695. The average Bonchev–Trinajstić information content (AvgIpc) is 2.33. The highest BCUT2D eigenvalue weighted by Gasteiger charge is 2.22. The maximum atomic E-state index is 11.9. The molecule has 0 spiro atoms. The molecule has 0 aromatic heterocycles. The summed E-state index contributed by atoms with van der Waals surface area (Å²) in [4.78, 5) is 11.9. The van der Waals surface area contributed by atoms with Gasteiger partial charge in [0, 0.05) is 22.9 Å². The molecule has 2 rings (SSSR count). The fraction of sp³-hybridized carbons (Fsp3) is 0.417. The quantitative estimate of drug-likeness (QED) is 0.832. The maximum absolute atomic E-state index is 11.9. The van der Waals surface area contributed by atoms with Crippen LogP contribution in [0.4, 0.5) is 0 Å². The van der Waals surface area contributed by atoms with Gasteiger partial charge in [0.05, 0.1) is 6.61 Å². The van der Waals surface area contributed by atoms with Gasteiger partial charge < -0.3 is 4.74 Å². The topological polar surface area (TPSA) is 26.3 Å². The number of ether oxygens (including phenoxy) is 1. The molecular formula is C12H13ClO2S. The predicted molar refractivity (Wildman–Crippen MR) is 67.2 cm³/mol. The van der Waals surface area contributed by atoms with Gasteiger partial charge in [0.15, 0.2) is 5.78 Å². The summed E-state index contributed by atoms with van der Waals surface area (Å²) in [6.45, 7) is 0.682. The summed E-state index contributed by atoms with van der Waals surface area (Å²) in [7, 11) is 0. The van der Waals surface area contributed by atoms with Crippen molar-refractivity contribution in [3.8, 4) is 0 Å². The highest BCUT2D eigenvalue weighted by atomic mass is 35.5. The fourth-order valence-corrected chi connectivity index (χ4v) is 2.59. The summed E-state index contributed by atoms with van der Waals surface area (Å²) in [6, 6.07) is 7.38. The van der Waals surface area contributed by atoms with Gasteiger partial charge in [0.2, 0.25) is 0 Å². The molecule has 0 saturated carbocycles. The van der Waals surface area contributed by atoms with Crippen LogP contribution in [0.2, 0.25) is 5.02 Å². The second kappa shape index (κ2) is 5.71. The molecule has 4 heteroatoms. The van der Waals surface area contributed by atoms with Crippen molar-refractivity contribution in [2.75, 3.05) is 18.1 Å². The minimum absolute atomic E-state index is 0.162. The number of benzene rings is 1. The van der Waals surface area contributed by atoms with Gasteiger partial charge >= 0.3 is 0 Å². The van der Waals surface area contributed by atoms with Gasteiger partial charge in [-0.3, -0.25) is 4.79 Å². The number of Topliss-reactive ketones (excluding diaryl/α,β-unsaturated/α-hetero) is 1. The number of ketones is 1. The van der Waals surface area contributed by atoms with Gasteiger partial charge in [0.1, 0.15) is 6.10 Å². The molecule has 86 valence electrons. The predicted octanol–water partition coefficient (Wildman–Crippen LogP) is 2.58. The molecule has 0 amide bonds. The van der Waals surface area contributed by atoms with E-state index in [1.54, 1.807) is 23.9 Å². The molecule has 1 aromatic carbocycles. The lowest BCUT2D eigenvalue weighted by molar-refractivity contribution is -0.128. The van der Waals surface area contributed by atoms with E-state index in [-0.39, 0.29) is 11.9 Å². The van der Waals surface area contributed by atoms with Crippen LogP contribution in [0.3, 0.4) is 0 Å². The lowest BCUT2D eigenvalue weighted by Crippen LogP contribution is -2.32. The second-order valence-electron chi connectivity index (χ2n) is 3.70. The zero-order valence-corrected chi connectivity index (χ0v) is 10.4. The van der Waals surface area contributed by atoms with Crippen molar-refractivity contribution >= 4 is 29.1 Å². The molecule has 1 aliphatic heterocycles. The average molecular weight is 257 g/mol. The second-order valence-corrected chi connectivity index (χ2v) is 5.29. The summed E-state index contributed by atoms with van der Waals surface area (Å²) < 4.78 is 5.44. The first kappa shape index (κ1) is 12.0. The van der Waals surface area contributed by atoms with Crippen LogP contribution in [0.5, 0.6) is 0 Å². The lowest BCUT2D eigenvalue weighted by atomic mass is 10.1. The molecule has 0 N–H and O–H groups in total. The van der Waals surface area contributed by atoms with Crippen LogP contribution in [0, 0.1) is 0 Å². The van der Waals surface area contributed by atoms with Gasteiger partial charge in [-0.2, -0.15) is 11.8 Å². The van der Waals surface area contributed by atoms with Crippen molar-refractivity contribution in [3.05, 3.63) is 34.9 Å². The number of carbonyl (C=O) groups is 1. The number of carbonyl (C=O) groups excluding carboxylic acids is 1. The zero-order valence-electron chi connectivity index (χ0n) is 8.82. The van der Waals surface area contributed by atoms with E-state index in [0.29, 0.717) is 18.1 Å². The van der Waals surface area contributed by atoms with Crippen LogP contribution in [-0.4, -0.2) is 30.0 Å². The Labute approximate surface area is 104 Å². The van der Waals surface area contributed by atoms with Crippen molar-refractivity contribution in [1.82, 2.24) is 0 Å². The van der Waals surface area contributed by atoms with E-state index in [9.17, 15) is 4.79 Å². The SMILES string of the molecule is O=C(Cc1ccc(Cl)cc1)C1CSCCO1. The molecule has 0 radical (unpaired) electrons. The fourth-order valence-electron chi connectivity index (χ4n) is 1.59. The molecule has 1 atom stereocenters. The summed E-state index contributed by atoms with van der Waals surface area (Å²) >= 11 is 7.56. The van der Waals surface area contributed by atoms with E-state index in [1.165, 1.54) is 0 Å². The normalized spacial score (nSPS) is 20.7. The van der Waals surface area contributed by atoms with Crippen LogP contribution in [0.1, 0.15) is 5.56 Å². The first-order valence-corrected chi connectivity index (χ1v) is 6.75. The lowest BCUT2D eigenvalue weighted by Gasteiger charge is -2.20. The highest BCUT2D eigenvalue weighted by molar-refractivity contribution is 7.99. The van der Waals surface area contributed by atoms with E-state index < -0.39 is 0 Å². The number of rotatable bonds is 3. The third kappa shape index (κ3) is 3.24. The highest BCUT2D eigenvalue weighted by Crippen LogP contribution is 2.16. The third-order valence-electron chi connectivity index (χ3n) is 2.47. The third-order valence-corrected chi connectivity index (χ3v) is 3.71. The van der Waals surface area contributed by atoms with Crippen molar-refractivity contribution in [2.24, 2.45) is 0 Å². The van der Waals surface area contributed by atoms with Crippen LogP contribution in [-0.2, 0) is 16.0 Å². The Hall–Kier alpha value is -0.510. The van der Waals surface area contributed by atoms with Crippen molar-refractivity contribution < 1.29 is 9.53 Å². The van der Waals surface area contributed by atoms with Crippen LogP contribution < -0.4 is 0 Å². The number of thioether (sulfide) groups is 1. The Bertz CT molecular complexity index is 358. The summed E-state index contributed by atoms with van der Waals surface area (Å²) in [5.74, 6) is 1.94. The molecule has 16 heavy (non-hydrogen) atoms. The molecule has 1 heterocycles. The zero-order chi connectivity index (χ0) is 11.4. The van der Waals surface area contributed by atoms with E-state index in [1.807, 2.05) is 12.1 Å². The maximum Gasteiger partial charge on any atom is 0.166 e. The van der Waals surface area contributed by atoms with Crippen molar-refractivity contribution in [1.29, 1.82) is 0 Å². The Morgan fingerprint density at radius 2 is 2.19 bits per heavy atom. The molecule has 1 aliphatic rings. The van der Waals surface area contributed by atoms with Gasteiger partial charge in [-0.1, -0.05) is 23.7 Å². The first-order valence-electron chi connectivity index (χ1n) is 5.22. The molecule has 1 unspecified atom stereocenters. The molecule has 1 aromatic rings. The minimum atomic E-state index is -0.227. The van der Waals surface area contributed by atoms with Crippen LogP contribution in [0.15, 0.2) is 24.3 Å². The van der Waals surface area contributed by atoms with Gasteiger partial charge in [-0.15, -0.1) is 0 Å². The smallest absolute Gasteiger partial charge is 0.166 e. The van der Waals surface area contributed by atoms with E-state index in [0.717, 1.165) is 17.1 Å². The Balaban J connectivity index is 1.93. The molecule has 1 saturated heterocycles. The van der Waals surface area contributed by atoms with Crippen LogP contribution >= 0.6 is 23.4 Å². The van der Waals surface area contributed by atoms with Gasteiger partial charge in [0.25, 0.3) is 0 Å². The number of halogens is 1. The number of hydrogen-bond acceptors (Lipinski definition) is 3. The molecule has 0 aliphatic carbocycles. The van der Waals surface area contributed by atoms with E-state index in [4.69, 9.17) is 16.3 Å².